The zero-order chi connectivity index (χ0) is 29.2. The first-order valence-electron chi connectivity index (χ1n) is 14.5. The van der Waals surface area contributed by atoms with E-state index in [0.29, 0.717) is 57.7 Å². The van der Waals surface area contributed by atoms with Crippen molar-refractivity contribution in [2.75, 3.05) is 43.5 Å². The van der Waals surface area contributed by atoms with Gasteiger partial charge in [-0.2, -0.15) is 0 Å². The molecular weight excluding hydrogens is 540 g/mol. The largest absolute Gasteiger partial charge is 0.447 e. The van der Waals surface area contributed by atoms with Gasteiger partial charge in [-0.05, 0) is 69.2 Å². The Balaban J connectivity index is 1.25. The Morgan fingerprint density at radius 3 is 2.48 bits per heavy atom. The SMILES string of the molecule is Cc1ccc(NC(=O)c2oc3ccc(C(=O)N4CCCC4)nc3c2NC(=O)C2CCC(N3CCOCC3=O)CC2)nc1. The minimum Gasteiger partial charge on any atom is -0.447 e. The summed E-state index contributed by atoms with van der Waals surface area (Å²) in [5, 5.41) is 5.64. The smallest absolute Gasteiger partial charge is 0.294 e. The van der Waals surface area contributed by atoms with Crippen molar-refractivity contribution in [3.05, 3.63) is 47.5 Å². The molecule has 2 N–H and O–H groups in total. The maximum Gasteiger partial charge on any atom is 0.294 e. The van der Waals surface area contributed by atoms with E-state index in [1.54, 1.807) is 29.3 Å². The van der Waals surface area contributed by atoms with E-state index in [1.807, 2.05) is 17.9 Å². The molecule has 0 spiro atoms. The van der Waals surface area contributed by atoms with Gasteiger partial charge in [0, 0.05) is 37.8 Å². The molecule has 3 aromatic rings. The molecule has 220 valence electrons. The molecule has 3 aromatic heterocycles. The highest BCUT2D eigenvalue weighted by Crippen LogP contribution is 2.34. The highest BCUT2D eigenvalue weighted by Gasteiger charge is 2.34. The van der Waals surface area contributed by atoms with Gasteiger partial charge in [0.15, 0.2) is 5.58 Å². The Labute approximate surface area is 242 Å². The van der Waals surface area contributed by atoms with Gasteiger partial charge in [0.2, 0.25) is 17.6 Å². The summed E-state index contributed by atoms with van der Waals surface area (Å²) in [6.07, 6.45) is 6.12. The molecule has 6 rings (SSSR count). The quantitative estimate of drug-likeness (QED) is 0.456. The van der Waals surface area contributed by atoms with Crippen LogP contribution in [-0.2, 0) is 14.3 Å². The number of aromatic nitrogens is 2. The Morgan fingerprint density at radius 1 is 0.976 bits per heavy atom. The molecule has 3 fully saturated rings. The number of carbonyl (C=O) groups excluding carboxylic acids is 4. The van der Waals surface area contributed by atoms with Crippen LogP contribution in [0.1, 0.15) is 65.1 Å². The number of amides is 4. The number of likely N-dealkylation sites (tertiary alicyclic amines) is 1. The van der Waals surface area contributed by atoms with Crippen LogP contribution in [0.3, 0.4) is 0 Å². The summed E-state index contributed by atoms with van der Waals surface area (Å²) in [6, 6.07) is 6.77. The molecule has 3 aliphatic rings. The van der Waals surface area contributed by atoms with Gasteiger partial charge in [-0.25, -0.2) is 9.97 Å². The predicted octanol–water partition coefficient (Wildman–Crippen LogP) is 3.38. The summed E-state index contributed by atoms with van der Waals surface area (Å²) in [6.45, 7) is 4.43. The zero-order valence-electron chi connectivity index (χ0n) is 23.6. The summed E-state index contributed by atoms with van der Waals surface area (Å²) >= 11 is 0. The molecule has 1 saturated carbocycles. The standard InChI is InChI=1S/C30H34N6O6/c1-18-4-11-23(31-16-18)33-29(39)27-26(25-22(42-27)10-9-21(32-25)30(40)35-12-2-3-13-35)34-28(38)19-5-7-20(8-6-19)36-14-15-41-17-24(36)37/h4,9-11,16,19-20H,2-3,5-8,12-15,17H2,1H3,(H,34,38)(H,31,33,39). The average molecular weight is 575 g/mol. The normalized spacial score (nSPS) is 21.0. The molecule has 0 atom stereocenters. The number of anilines is 2. The minimum atomic E-state index is -0.596. The lowest BCUT2D eigenvalue weighted by Crippen LogP contribution is -2.49. The highest BCUT2D eigenvalue weighted by atomic mass is 16.5. The first kappa shape index (κ1) is 27.8. The fourth-order valence-corrected chi connectivity index (χ4v) is 5.96. The molecule has 1 aliphatic carbocycles. The van der Waals surface area contributed by atoms with Crippen LogP contribution in [0.15, 0.2) is 34.9 Å². The molecule has 0 bridgehead atoms. The minimum absolute atomic E-state index is 0.0110. The van der Waals surface area contributed by atoms with Crippen molar-refractivity contribution in [1.29, 1.82) is 0 Å². The number of nitrogens with one attached hydrogen (secondary N) is 2. The first-order chi connectivity index (χ1) is 20.4. The van der Waals surface area contributed by atoms with Crippen LogP contribution in [0.2, 0.25) is 0 Å². The van der Waals surface area contributed by atoms with Crippen molar-refractivity contribution in [2.24, 2.45) is 5.92 Å². The lowest BCUT2D eigenvalue weighted by molar-refractivity contribution is -0.146. The van der Waals surface area contributed by atoms with Crippen molar-refractivity contribution >= 4 is 46.2 Å². The fraction of sp³-hybridized carbons (Fsp3) is 0.467. The number of hydrogen-bond acceptors (Lipinski definition) is 8. The molecule has 4 amide bonds. The van der Waals surface area contributed by atoms with Gasteiger partial charge in [-0.1, -0.05) is 6.07 Å². The second kappa shape index (κ2) is 11.9. The molecule has 0 radical (unpaired) electrons. The lowest BCUT2D eigenvalue weighted by Gasteiger charge is -2.38. The van der Waals surface area contributed by atoms with Gasteiger partial charge < -0.3 is 29.6 Å². The summed E-state index contributed by atoms with van der Waals surface area (Å²) in [7, 11) is 0. The Bertz CT molecular complexity index is 1500. The van der Waals surface area contributed by atoms with Crippen molar-refractivity contribution in [3.8, 4) is 0 Å². The molecule has 12 nitrogen and oxygen atoms in total. The summed E-state index contributed by atoms with van der Waals surface area (Å²) in [4.78, 5) is 64.7. The van der Waals surface area contributed by atoms with Crippen LogP contribution in [0.25, 0.3) is 11.1 Å². The summed E-state index contributed by atoms with van der Waals surface area (Å²) < 4.78 is 11.2. The number of aryl methyl sites for hydroxylation is 1. The van der Waals surface area contributed by atoms with Gasteiger partial charge in [0.1, 0.15) is 29.3 Å². The van der Waals surface area contributed by atoms with Gasteiger partial charge in [0.05, 0.1) is 6.61 Å². The van der Waals surface area contributed by atoms with Crippen LogP contribution >= 0.6 is 0 Å². The Kier molecular flexibility index (Phi) is 7.88. The van der Waals surface area contributed by atoms with Crippen LogP contribution in [0, 0.1) is 12.8 Å². The number of hydrogen-bond donors (Lipinski definition) is 2. The van der Waals surface area contributed by atoms with Crippen molar-refractivity contribution in [3.63, 3.8) is 0 Å². The number of rotatable bonds is 6. The predicted molar refractivity (Wildman–Crippen MR) is 153 cm³/mol. The molecular formula is C30H34N6O6. The Morgan fingerprint density at radius 2 is 1.76 bits per heavy atom. The second-order valence-electron chi connectivity index (χ2n) is 11.2. The van der Waals surface area contributed by atoms with Gasteiger partial charge >= 0.3 is 0 Å². The molecule has 0 aromatic carbocycles. The first-order valence-corrected chi connectivity index (χ1v) is 14.5. The van der Waals surface area contributed by atoms with Gasteiger partial charge in [-0.3, -0.25) is 19.2 Å². The van der Waals surface area contributed by atoms with Gasteiger partial charge in [-0.15, -0.1) is 0 Å². The number of furan rings is 1. The summed E-state index contributed by atoms with van der Waals surface area (Å²) in [5.41, 5.74) is 1.81. The number of pyridine rings is 2. The number of ether oxygens (including phenoxy) is 1. The van der Waals surface area contributed by atoms with Crippen LogP contribution in [-0.4, -0.2) is 82.3 Å². The van der Waals surface area contributed by atoms with Gasteiger partial charge in [0.25, 0.3) is 11.8 Å². The molecule has 12 heteroatoms. The molecule has 0 unspecified atom stereocenters. The Hall–Kier alpha value is -4.32. The second-order valence-corrected chi connectivity index (χ2v) is 11.2. The van der Waals surface area contributed by atoms with Crippen molar-refractivity contribution in [1.82, 2.24) is 19.8 Å². The number of carbonyl (C=O) groups is 4. The monoisotopic (exact) mass is 574 g/mol. The third kappa shape index (κ3) is 5.71. The van der Waals surface area contributed by atoms with E-state index in [1.165, 1.54) is 0 Å². The third-order valence-electron chi connectivity index (χ3n) is 8.28. The maximum absolute atomic E-state index is 13.6. The van der Waals surface area contributed by atoms with E-state index in [0.717, 1.165) is 18.4 Å². The zero-order valence-corrected chi connectivity index (χ0v) is 23.6. The van der Waals surface area contributed by atoms with Crippen molar-refractivity contribution in [2.45, 2.75) is 51.5 Å². The third-order valence-corrected chi connectivity index (χ3v) is 8.28. The highest BCUT2D eigenvalue weighted by molar-refractivity contribution is 6.14. The van der Waals surface area contributed by atoms with E-state index in [9.17, 15) is 19.2 Å². The molecule has 2 aliphatic heterocycles. The van der Waals surface area contributed by atoms with E-state index < -0.39 is 5.91 Å². The number of morpholine rings is 1. The van der Waals surface area contributed by atoms with E-state index >= 15 is 0 Å². The molecule has 2 saturated heterocycles. The maximum atomic E-state index is 13.6. The number of nitrogens with zero attached hydrogens (tertiary/aromatic N) is 4. The topological polar surface area (TPSA) is 147 Å². The van der Waals surface area contributed by atoms with Crippen LogP contribution in [0.5, 0.6) is 0 Å². The van der Waals surface area contributed by atoms with Crippen LogP contribution in [0.4, 0.5) is 11.5 Å². The van der Waals surface area contributed by atoms with Crippen LogP contribution < -0.4 is 10.6 Å². The van der Waals surface area contributed by atoms with E-state index in [2.05, 4.69) is 20.6 Å². The number of fused-ring (bicyclic) bond motifs is 1. The van der Waals surface area contributed by atoms with Crippen molar-refractivity contribution < 1.29 is 28.3 Å². The fourth-order valence-electron chi connectivity index (χ4n) is 5.96. The molecule has 5 heterocycles. The van der Waals surface area contributed by atoms with E-state index in [-0.39, 0.29) is 64.5 Å². The van der Waals surface area contributed by atoms with E-state index in [4.69, 9.17) is 9.15 Å². The average Bonchev–Trinajstić information content (AvgIpc) is 3.67. The lowest BCUT2D eigenvalue weighted by atomic mass is 9.84. The summed E-state index contributed by atoms with van der Waals surface area (Å²) in [5.74, 6) is -1.16. The molecule has 42 heavy (non-hydrogen) atoms.